The largest absolute Gasteiger partial charge is 0.444 e. The summed E-state index contributed by atoms with van der Waals surface area (Å²) in [4.78, 5) is 13.7. The molecule has 18 heavy (non-hydrogen) atoms. The molecule has 1 amide bonds. The Kier molecular flexibility index (Phi) is 7.42. The second kappa shape index (κ2) is 7.97. The number of hydrogen-bond acceptors (Lipinski definition) is 3. The molecule has 0 aliphatic heterocycles. The van der Waals surface area contributed by atoms with Crippen molar-refractivity contribution in [1.29, 1.82) is 5.26 Å². The van der Waals surface area contributed by atoms with Crippen molar-refractivity contribution in [1.82, 2.24) is 4.90 Å². The maximum Gasteiger partial charge on any atom is 0.411 e. The molecule has 0 radical (unpaired) electrons. The molecule has 104 valence electrons. The fourth-order valence-electron chi connectivity index (χ4n) is 1.59. The van der Waals surface area contributed by atoms with Crippen LogP contribution in [0.25, 0.3) is 0 Å². The van der Waals surface area contributed by atoms with Gasteiger partial charge < -0.3 is 4.74 Å². The first kappa shape index (κ1) is 16.8. The summed E-state index contributed by atoms with van der Waals surface area (Å²) in [5.74, 6) is 0. The van der Waals surface area contributed by atoms with Gasteiger partial charge in [0.25, 0.3) is 0 Å². The monoisotopic (exact) mass is 254 g/mol. The van der Waals surface area contributed by atoms with E-state index in [4.69, 9.17) is 4.74 Å². The average Bonchev–Trinajstić information content (AvgIpc) is 2.25. The van der Waals surface area contributed by atoms with Crippen molar-refractivity contribution >= 4 is 6.09 Å². The lowest BCUT2D eigenvalue weighted by Crippen LogP contribution is -2.43. The smallest absolute Gasteiger partial charge is 0.411 e. The lowest BCUT2D eigenvalue weighted by Gasteiger charge is -2.30. The van der Waals surface area contributed by atoms with Gasteiger partial charge in [0.05, 0.1) is 6.07 Å². The molecule has 0 rings (SSSR count). The summed E-state index contributed by atoms with van der Waals surface area (Å²) >= 11 is 0. The van der Waals surface area contributed by atoms with Crippen LogP contribution in [0.5, 0.6) is 0 Å². The molecule has 0 saturated carbocycles. The van der Waals surface area contributed by atoms with Crippen LogP contribution in [0.3, 0.4) is 0 Å². The Labute approximate surface area is 111 Å². The maximum atomic E-state index is 12.1. The lowest BCUT2D eigenvalue weighted by atomic mass is 10.1. The van der Waals surface area contributed by atoms with E-state index in [2.05, 4.69) is 13.0 Å². The molecule has 0 aromatic carbocycles. The number of carbonyl (C=O) groups excluding carboxylic acids is 1. The molecule has 1 unspecified atom stereocenters. The summed E-state index contributed by atoms with van der Waals surface area (Å²) < 4.78 is 5.36. The fourth-order valence-corrected chi connectivity index (χ4v) is 1.59. The topological polar surface area (TPSA) is 53.3 Å². The Morgan fingerprint density at radius 2 is 1.94 bits per heavy atom. The van der Waals surface area contributed by atoms with E-state index in [0.29, 0.717) is 13.0 Å². The molecule has 1 atom stereocenters. The van der Waals surface area contributed by atoms with E-state index in [9.17, 15) is 10.1 Å². The summed E-state index contributed by atoms with van der Waals surface area (Å²) in [6, 6.07) is 1.83. The van der Waals surface area contributed by atoms with Gasteiger partial charge in [-0.3, -0.25) is 4.90 Å². The highest BCUT2D eigenvalue weighted by Crippen LogP contribution is 2.15. The summed E-state index contributed by atoms with van der Waals surface area (Å²) in [5.41, 5.74) is -0.520. The van der Waals surface area contributed by atoms with E-state index < -0.39 is 5.60 Å². The first-order chi connectivity index (χ1) is 8.35. The van der Waals surface area contributed by atoms with Crippen LogP contribution in [-0.2, 0) is 4.74 Å². The Morgan fingerprint density at radius 1 is 1.33 bits per heavy atom. The third-order valence-electron chi connectivity index (χ3n) is 2.47. The second-order valence-electron chi connectivity index (χ2n) is 5.46. The van der Waals surface area contributed by atoms with Gasteiger partial charge in [-0.05, 0) is 33.6 Å². The normalized spacial score (nSPS) is 12.7. The standard InChI is InChI=1S/C14H26N2O2/c1-6-8-10-16(12(11-15)9-7-2)13(17)18-14(3,4)5/h12H,6-10H2,1-5H3. The van der Waals surface area contributed by atoms with Crippen LogP contribution in [0.2, 0.25) is 0 Å². The molecule has 4 nitrogen and oxygen atoms in total. The minimum atomic E-state index is -0.520. The molecule has 0 aliphatic rings. The van der Waals surface area contributed by atoms with Gasteiger partial charge in [0.2, 0.25) is 0 Å². The Balaban J connectivity index is 4.75. The summed E-state index contributed by atoms with van der Waals surface area (Å²) in [5, 5.41) is 9.17. The summed E-state index contributed by atoms with van der Waals surface area (Å²) in [7, 11) is 0. The molecular formula is C14H26N2O2. The number of hydrogen-bond donors (Lipinski definition) is 0. The minimum Gasteiger partial charge on any atom is -0.444 e. The van der Waals surface area contributed by atoms with Gasteiger partial charge in [0.1, 0.15) is 11.6 Å². The number of rotatable bonds is 6. The maximum absolute atomic E-state index is 12.1. The van der Waals surface area contributed by atoms with E-state index in [1.165, 1.54) is 0 Å². The van der Waals surface area contributed by atoms with Gasteiger partial charge in [-0.25, -0.2) is 4.79 Å². The van der Waals surface area contributed by atoms with E-state index in [1.807, 2.05) is 27.7 Å². The number of nitrogens with zero attached hydrogens (tertiary/aromatic N) is 2. The third-order valence-corrected chi connectivity index (χ3v) is 2.47. The quantitative estimate of drug-likeness (QED) is 0.726. The van der Waals surface area contributed by atoms with Gasteiger partial charge >= 0.3 is 6.09 Å². The van der Waals surface area contributed by atoms with Crippen LogP contribution >= 0.6 is 0 Å². The predicted molar refractivity (Wildman–Crippen MR) is 72.2 cm³/mol. The molecule has 0 N–H and O–H groups in total. The van der Waals surface area contributed by atoms with E-state index in [-0.39, 0.29) is 12.1 Å². The minimum absolute atomic E-state index is 0.378. The van der Waals surface area contributed by atoms with Crippen LogP contribution in [-0.4, -0.2) is 29.2 Å². The second-order valence-corrected chi connectivity index (χ2v) is 5.46. The zero-order chi connectivity index (χ0) is 14.2. The third kappa shape index (κ3) is 6.48. The van der Waals surface area contributed by atoms with Gasteiger partial charge in [-0.2, -0.15) is 5.26 Å². The highest BCUT2D eigenvalue weighted by Gasteiger charge is 2.27. The Bertz CT molecular complexity index is 289. The number of ether oxygens (including phenoxy) is 1. The Morgan fingerprint density at radius 3 is 2.33 bits per heavy atom. The molecule has 0 aromatic rings. The number of carbonyl (C=O) groups is 1. The van der Waals surface area contributed by atoms with E-state index in [0.717, 1.165) is 19.3 Å². The van der Waals surface area contributed by atoms with Crippen molar-refractivity contribution in [2.45, 2.75) is 71.9 Å². The van der Waals surface area contributed by atoms with Crippen molar-refractivity contribution in [2.24, 2.45) is 0 Å². The highest BCUT2D eigenvalue weighted by molar-refractivity contribution is 5.69. The first-order valence-corrected chi connectivity index (χ1v) is 6.75. The molecule has 0 saturated heterocycles. The number of amides is 1. The molecule has 4 heteroatoms. The van der Waals surface area contributed by atoms with Gasteiger partial charge in [0.15, 0.2) is 0 Å². The average molecular weight is 254 g/mol. The lowest BCUT2D eigenvalue weighted by molar-refractivity contribution is 0.0195. The first-order valence-electron chi connectivity index (χ1n) is 6.75. The number of nitriles is 1. The van der Waals surface area contributed by atoms with Crippen molar-refractivity contribution in [3.05, 3.63) is 0 Å². The molecule has 0 heterocycles. The van der Waals surface area contributed by atoms with Crippen molar-refractivity contribution in [2.75, 3.05) is 6.54 Å². The van der Waals surface area contributed by atoms with Crippen LogP contribution in [0.4, 0.5) is 4.79 Å². The molecule has 0 fully saturated rings. The van der Waals surface area contributed by atoms with Crippen LogP contribution in [0.15, 0.2) is 0 Å². The highest BCUT2D eigenvalue weighted by atomic mass is 16.6. The molecule has 0 bridgehead atoms. The van der Waals surface area contributed by atoms with Gasteiger partial charge in [-0.15, -0.1) is 0 Å². The van der Waals surface area contributed by atoms with Crippen LogP contribution < -0.4 is 0 Å². The van der Waals surface area contributed by atoms with Gasteiger partial charge in [0, 0.05) is 6.54 Å². The molecule has 0 aliphatic carbocycles. The van der Waals surface area contributed by atoms with Gasteiger partial charge in [-0.1, -0.05) is 26.7 Å². The molecule has 0 spiro atoms. The summed E-state index contributed by atoms with van der Waals surface area (Å²) in [6.07, 6.45) is 3.07. The SMILES string of the molecule is CCCCN(C(=O)OC(C)(C)C)C(C#N)CCC. The summed E-state index contributed by atoms with van der Waals surface area (Å²) in [6.45, 7) is 10.2. The van der Waals surface area contributed by atoms with Crippen LogP contribution in [0, 0.1) is 11.3 Å². The van der Waals surface area contributed by atoms with Crippen LogP contribution in [0.1, 0.15) is 60.3 Å². The van der Waals surface area contributed by atoms with Crippen molar-refractivity contribution in [3.8, 4) is 6.07 Å². The van der Waals surface area contributed by atoms with E-state index >= 15 is 0 Å². The molecular weight excluding hydrogens is 228 g/mol. The molecule has 0 aromatic heterocycles. The zero-order valence-corrected chi connectivity index (χ0v) is 12.3. The zero-order valence-electron chi connectivity index (χ0n) is 12.3. The number of unbranched alkanes of at least 4 members (excludes halogenated alkanes) is 1. The van der Waals surface area contributed by atoms with Crippen molar-refractivity contribution in [3.63, 3.8) is 0 Å². The van der Waals surface area contributed by atoms with E-state index in [1.54, 1.807) is 4.90 Å². The van der Waals surface area contributed by atoms with Crippen molar-refractivity contribution < 1.29 is 9.53 Å². The fraction of sp³-hybridized carbons (Fsp3) is 0.857. The Hall–Kier alpha value is -1.24. The predicted octanol–water partition coefficient (Wildman–Crippen LogP) is 3.72.